The van der Waals surface area contributed by atoms with Crippen LogP contribution < -0.4 is 4.90 Å². The number of carbonyl (C=O) groups is 2. The summed E-state index contributed by atoms with van der Waals surface area (Å²) in [4.78, 5) is 30.1. The van der Waals surface area contributed by atoms with Crippen molar-refractivity contribution in [2.45, 2.75) is 44.9 Å². The average Bonchev–Trinajstić information content (AvgIpc) is 2.91. The van der Waals surface area contributed by atoms with Crippen molar-refractivity contribution in [3.63, 3.8) is 0 Å². The lowest BCUT2D eigenvalue weighted by molar-refractivity contribution is 0.0724. The number of nitrogens with zero attached hydrogens (tertiary/aromatic N) is 2. The second-order valence-electron chi connectivity index (χ2n) is 9.44. The maximum Gasteiger partial charge on any atom is 0.258 e. The zero-order valence-electron chi connectivity index (χ0n) is 19.7. The van der Waals surface area contributed by atoms with Gasteiger partial charge in [0.05, 0.1) is 0 Å². The van der Waals surface area contributed by atoms with Gasteiger partial charge in [-0.15, -0.1) is 0 Å². The van der Waals surface area contributed by atoms with E-state index in [1.165, 1.54) is 12.0 Å². The minimum Gasteiger partial charge on any atom is -0.339 e. The fourth-order valence-electron chi connectivity index (χ4n) is 5.19. The quantitative estimate of drug-likeness (QED) is 0.499. The molecule has 0 bridgehead atoms. The van der Waals surface area contributed by atoms with Gasteiger partial charge in [-0.05, 0) is 92.0 Å². The van der Waals surface area contributed by atoms with Gasteiger partial charge in [-0.25, -0.2) is 0 Å². The number of benzene rings is 3. The molecule has 34 heavy (non-hydrogen) atoms. The van der Waals surface area contributed by atoms with Crippen molar-refractivity contribution in [3.05, 3.63) is 101 Å². The molecular weight excluding hydrogens is 420 g/mol. The monoisotopic (exact) mass is 452 g/mol. The van der Waals surface area contributed by atoms with Gasteiger partial charge in [0.2, 0.25) is 0 Å². The molecule has 4 heteroatoms. The van der Waals surface area contributed by atoms with Gasteiger partial charge in [-0.1, -0.05) is 42.5 Å². The summed E-state index contributed by atoms with van der Waals surface area (Å²) in [5.74, 6) is 0.221. The lowest BCUT2D eigenvalue weighted by atomic mass is 9.98. The Bertz CT molecular complexity index is 1180. The van der Waals surface area contributed by atoms with Crippen LogP contribution in [0.1, 0.15) is 63.1 Å². The molecule has 3 aromatic rings. The summed E-state index contributed by atoms with van der Waals surface area (Å²) in [5, 5.41) is 0. The molecule has 0 atom stereocenters. The first-order chi connectivity index (χ1) is 16.7. The molecule has 0 aromatic heterocycles. The van der Waals surface area contributed by atoms with E-state index in [0.29, 0.717) is 0 Å². The predicted molar refractivity (Wildman–Crippen MR) is 136 cm³/mol. The Morgan fingerprint density at radius 2 is 1.29 bits per heavy atom. The number of anilines is 1. The normalized spacial score (nSPS) is 15.6. The number of amides is 2. The van der Waals surface area contributed by atoms with Crippen LogP contribution in [-0.2, 0) is 19.3 Å². The van der Waals surface area contributed by atoms with Gasteiger partial charge >= 0.3 is 0 Å². The third kappa shape index (κ3) is 4.91. The van der Waals surface area contributed by atoms with Crippen molar-refractivity contribution < 1.29 is 9.59 Å². The fraction of sp³-hybridized carbons (Fsp3) is 0.333. The molecule has 1 saturated heterocycles. The van der Waals surface area contributed by atoms with Crippen LogP contribution in [0.5, 0.6) is 0 Å². The summed E-state index contributed by atoms with van der Waals surface area (Å²) in [6, 6.07) is 24.3. The molecule has 2 aliphatic rings. The maximum atomic E-state index is 13.3. The van der Waals surface area contributed by atoms with Crippen LogP contribution in [0.15, 0.2) is 72.8 Å². The minimum absolute atomic E-state index is 0.0723. The number of fused-ring (bicyclic) bond motifs is 1. The summed E-state index contributed by atoms with van der Waals surface area (Å²) in [7, 11) is 0. The molecule has 0 saturated carbocycles. The van der Waals surface area contributed by atoms with E-state index >= 15 is 0 Å². The highest BCUT2D eigenvalue weighted by Gasteiger charge is 2.23. The summed E-state index contributed by atoms with van der Waals surface area (Å²) in [6.07, 6.45) is 7.11. The number of rotatable bonds is 5. The van der Waals surface area contributed by atoms with Crippen LogP contribution >= 0.6 is 0 Å². The molecule has 2 amide bonds. The van der Waals surface area contributed by atoms with E-state index in [1.54, 1.807) is 0 Å². The molecule has 0 unspecified atom stereocenters. The van der Waals surface area contributed by atoms with Crippen LogP contribution in [0.25, 0.3) is 0 Å². The lowest BCUT2D eigenvalue weighted by Gasteiger charge is -2.29. The molecule has 0 spiro atoms. The first kappa shape index (κ1) is 22.4. The first-order valence-electron chi connectivity index (χ1n) is 12.6. The zero-order valence-corrected chi connectivity index (χ0v) is 19.7. The standard InChI is InChI=1S/C30H32N2O2/c33-29(31-18-4-1-5-19-31)26-12-6-9-23(21-26)16-17-24-10-7-13-27(22-24)30(34)32-20-8-14-25-11-2-3-15-28(25)32/h2-3,6-7,9-13,15,21-22H,1,4-5,8,14,16-20H2. The number of piperidine rings is 1. The van der Waals surface area contributed by atoms with E-state index in [4.69, 9.17) is 0 Å². The van der Waals surface area contributed by atoms with E-state index in [2.05, 4.69) is 24.3 Å². The second-order valence-corrected chi connectivity index (χ2v) is 9.44. The van der Waals surface area contributed by atoms with Crippen molar-refractivity contribution in [2.75, 3.05) is 24.5 Å². The highest BCUT2D eigenvalue weighted by molar-refractivity contribution is 6.06. The molecular formula is C30H32N2O2. The Balaban J connectivity index is 1.26. The van der Waals surface area contributed by atoms with Gasteiger partial charge in [-0.3, -0.25) is 9.59 Å². The van der Waals surface area contributed by atoms with Gasteiger partial charge < -0.3 is 9.80 Å². The predicted octanol–water partition coefficient (Wildman–Crippen LogP) is 5.69. The molecule has 0 radical (unpaired) electrons. The molecule has 4 nitrogen and oxygen atoms in total. The lowest BCUT2D eigenvalue weighted by Crippen LogP contribution is -2.35. The Hall–Kier alpha value is -3.40. The van der Waals surface area contributed by atoms with E-state index in [1.807, 2.05) is 58.3 Å². The number of carbonyl (C=O) groups excluding carboxylic acids is 2. The average molecular weight is 453 g/mol. The molecule has 2 aliphatic heterocycles. The molecule has 5 rings (SSSR count). The van der Waals surface area contributed by atoms with Crippen LogP contribution in [-0.4, -0.2) is 36.3 Å². The summed E-state index contributed by atoms with van der Waals surface area (Å²) < 4.78 is 0. The molecule has 0 aliphatic carbocycles. The maximum absolute atomic E-state index is 13.3. The van der Waals surface area contributed by atoms with Crippen molar-refractivity contribution >= 4 is 17.5 Å². The number of hydrogen-bond donors (Lipinski definition) is 0. The first-order valence-corrected chi connectivity index (χ1v) is 12.6. The van der Waals surface area contributed by atoms with Crippen LogP contribution in [0.2, 0.25) is 0 Å². The highest BCUT2D eigenvalue weighted by atomic mass is 16.2. The summed E-state index contributed by atoms with van der Waals surface area (Å²) in [6.45, 7) is 2.49. The van der Waals surface area contributed by atoms with Crippen molar-refractivity contribution in [3.8, 4) is 0 Å². The molecule has 174 valence electrons. The van der Waals surface area contributed by atoms with Gasteiger partial charge in [-0.2, -0.15) is 0 Å². The number of para-hydroxylation sites is 1. The Morgan fingerprint density at radius 3 is 2.00 bits per heavy atom. The van der Waals surface area contributed by atoms with E-state index in [-0.39, 0.29) is 11.8 Å². The van der Waals surface area contributed by atoms with Gasteiger partial charge in [0.25, 0.3) is 11.8 Å². The van der Waals surface area contributed by atoms with Crippen LogP contribution in [0, 0.1) is 0 Å². The largest absolute Gasteiger partial charge is 0.339 e. The Kier molecular flexibility index (Phi) is 6.75. The van der Waals surface area contributed by atoms with Crippen molar-refractivity contribution in [2.24, 2.45) is 0 Å². The summed E-state index contributed by atoms with van der Waals surface area (Å²) >= 11 is 0. The van der Waals surface area contributed by atoms with Gasteiger partial charge in [0.1, 0.15) is 0 Å². The van der Waals surface area contributed by atoms with Crippen LogP contribution in [0.3, 0.4) is 0 Å². The molecule has 2 heterocycles. The van der Waals surface area contributed by atoms with E-state index in [0.717, 1.165) is 86.1 Å². The number of likely N-dealkylation sites (tertiary alicyclic amines) is 1. The van der Waals surface area contributed by atoms with Crippen molar-refractivity contribution in [1.82, 2.24) is 4.90 Å². The minimum atomic E-state index is 0.0723. The molecule has 3 aromatic carbocycles. The number of aryl methyl sites for hydroxylation is 3. The number of hydrogen-bond acceptors (Lipinski definition) is 2. The topological polar surface area (TPSA) is 40.6 Å². The van der Waals surface area contributed by atoms with E-state index < -0.39 is 0 Å². The smallest absolute Gasteiger partial charge is 0.258 e. The fourth-order valence-corrected chi connectivity index (χ4v) is 5.19. The van der Waals surface area contributed by atoms with Gasteiger partial charge in [0, 0.05) is 36.4 Å². The SMILES string of the molecule is O=C(c1cccc(CCc2cccc(C(=O)N3CCCc4ccccc43)c2)c1)N1CCCCC1. The molecule has 0 N–H and O–H groups in total. The Labute approximate surface area is 202 Å². The Morgan fingerprint density at radius 1 is 0.647 bits per heavy atom. The highest BCUT2D eigenvalue weighted by Crippen LogP contribution is 2.28. The third-order valence-electron chi connectivity index (χ3n) is 7.05. The zero-order chi connectivity index (χ0) is 23.3. The molecule has 1 fully saturated rings. The van der Waals surface area contributed by atoms with E-state index in [9.17, 15) is 9.59 Å². The van der Waals surface area contributed by atoms with Crippen LogP contribution in [0.4, 0.5) is 5.69 Å². The van der Waals surface area contributed by atoms with Gasteiger partial charge in [0.15, 0.2) is 0 Å². The third-order valence-corrected chi connectivity index (χ3v) is 7.05. The van der Waals surface area contributed by atoms with Crippen molar-refractivity contribution in [1.29, 1.82) is 0 Å². The second kappa shape index (κ2) is 10.3. The summed E-state index contributed by atoms with van der Waals surface area (Å²) in [5.41, 5.74) is 6.11.